The summed E-state index contributed by atoms with van der Waals surface area (Å²) in [5, 5.41) is 3.44. The molecule has 1 N–H and O–H groups in total. The number of halogens is 2. The standard InChI is InChI=1S/C16H23F2NO/c1-12(2)19-11-16(6-8-20-9-7-16)10-13-4-3-5-14(17)15(13)18/h3-5,12,19H,6-11H2,1-2H3. The zero-order valence-corrected chi connectivity index (χ0v) is 12.2. The summed E-state index contributed by atoms with van der Waals surface area (Å²) in [6.07, 6.45) is 2.31. The summed E-state index contributed by atoms with van der Waals surface area (Å²) in [4.78, 5) is 0. The Hall–Kier alpha value is -1.00. The minimum Gasteiger partial charge on any atom is -0.381 e. The molecule has 0 unspecified atom stereocenters. The van der Waals surface area contributed by atoms with Crippen LogP contribution in [0.4, 0.5) is 8.78 Å². The van der Waals surface area contributed by atoms with Gasteiger partial charge in [-0.3, -0.25) is 0 Å². The highest BCUT2D eigenvalue weighted by atomic mass is 19.2. The monoisotopic (exact) mass is 283 g/mol. The molecular formula is C16H23F2NO. The summed E-state index contributed by atoms with van der Waals surface area (Å²) < 4.78 is 32.7. The van der Waals surface area contributed by atoms with Gasteiger partial charge < -0.3 is 10.1 Å². The van der Waals surface area contributed by atoms with Gasteiger partial charge in [-0.1, -0.05) is 26.0 Å². The van der Waals surface area contributed by atoms with Gasteiger partial charge in [-0.05, 0) is 36.3 Å². The summed E-state index contributed by atoms with van der Waals surface area (Å²) >= 11 is 0. The van der Waals surface area contributed by atoms with Gasteiger partial charge in [-0.2, -0.15) is 0 Å². The van der Waals surface area contributed by atoms with Crippen molar-refractivity contribution in [2.24, 2.45) is 5.41 Å². The van der Waals surface area contributed by atoms with Crippen molar-refractivity contribution in [1.29, 1.82) is 0 Å². The van der Waals surface area contributed by atoms with E-state index in [1.165, 1.54) is 6.07 Å². The minimum atomic E-state index is -0.762. The van der Waals surface area contributed by atoms with Crippen LogP contribution in [0.5, 0.6) is 0 Å². The molecule has 4 heteroatoms. The lowest BCUT2D eigenvalue weighted by molar-refractivity contribution is 0.0136. The summed E-state index contributed by atoms with van der Waals surface area (Å²) in [7, 11) is 0. The average Bonchev–Trinajstić information content (AvgIpc) is 2.43. The second-order valence-electron chi connectivity index (χ2n) is 6.04. The second kappa shape index (κ2) is 6.64. The highest BCUT2D eigenvalue weighted by molar-refractivity contribution is 5.21. The van der Waals surface area contributed by atoms with Crippen LogP contribution in [0.15, 0.2) is 18.2 Å². The average molecular weight is 283 g/mol. The van der Waals surface area contributed by atoms with Crippen LogP contribution in [0.2, 0.25) is 0 Å². The number of benzene rings is 1. The highest BCUT2D eigenvalue weighted by Gasteiger charge is 2.33. The smallest absolute Gasteiger partial charge is 0.162 e. The fraction of sp³-hybridized carbons (Fsp3) is 0.625. The Labute approximate surface area is 119 Å². The second-order valence-corrected chi connectivity index (χ2v) is 6.04. The number of hydrogen-bond donors (Lipinski definition) is 1. The molecule has 1 aromatic rings. The molecule has 0 spiro atoms. The molecule has 0 saturated carbocycles. The summed E-state index contributed by atoms with van der Waals surface area (Å²) in [5.41, 5.74) is 0.425. The quantitative estimate of drug-likeness (QED) is 0.895. The SMILES string of the molecule is CC(C)NCC1(Cc2cccc(F)c2F)CCOCC1. The predicted molar refractivity (Wildman–Crippen MR) is 75.7 cm³/mol. The molecule has 2 nitrogen and oxygen atoms in total. The van der Waals surface area contributed by atoms with Crippen LogP contribution in [0.1, 0.15) is 32.3 Å². The third-order valence-corrected chi connectivity index (χ3v) is 4.04. The van der Waals surface area contributed by atoms with E-state index in [-0.39, 0.29) is 5.41 Å². The lowest BCUT2D eigenvalue weighted by atomic mass is 9.75. The predicted octanol–water partition coefficient (Wildman–Crippen LogP) is 3.30. The van der Waals surface area contributed by atoms with Gasteiger partial charge >= 0.3 is 0 Å². The van der Waals surface area contributed by atoms with Crippen LogP contribution < -0.4 is 5.32 Å². The molecule has 20 heavy (non-hydrogen) atoms. The molecule has 0 aromatic heterocycles. The molecule has 1 aromatic carbocycles. The minimum absolute atomic E-state index is 0.0445. The fourth-order valence-corrected chi connectivity index (χ4v) is 2.73. The molecule has 0 atom stereocenters. The lowest BCUT2D eigenvalue weighted by Gasteiger charge is -2.38. The first-order chi connectivity index (χ1) is 9.52. The van der Waals surface area contributed by atoms with Crippen LogP contribution in [-0.4, -0.2) is 25.8 Å². The largest absolute Gasteiger partial charge is 0.381 e. The third kappa shape index (κ3) is 3.76. The molecule has 1 fully saturated rings. The molecular weight excluding hydrogens is 260 g/mol. The topological polar surface area (TPSA) is 21.3 Å². The normalized spacial score (nSPS) is 18.4. The van der Waals surface area contributed by atoms with Crippen molar-refractivity contribution in [2.75, 3.05) is 19.8 Å². The van der Waals surface area contributed by atoms with Gasteiger partial charge in [0.2, 0.25) is 0 Å². The zero-order chi connectivity index (χ0) is 14.6. The Morgan fingerprint density at radius 2 is 1.95 bits per heavy atom. The molecule has 1 aliphatic rings. The van der Waals surface area contributed by atoms with Crippen LogP contribution in [0.25, 0.3) is 0 Å². The summed E-state index contributed by atoms with van der Waals surface area (Å²) in [6, 6.07) is 4.82. The Bertz CT molecular complexity index is 442. The summed E-state index contributed by atoms with van der Waals surface area (Å²) in [5.74, 6) is -1.47. The van der Waals surface area contributed by atoms with Gasteiger partial charge in [-0.15, -0.1) is 0 Å². The highest BCUT2D eigenvalue weighted by Crippen LogP contribution is 2.34. The van der Waals surface area contributed by atoms with Crippen molar-refractivity contribution >= 4 is 0 Å². The van der Waals surface area contributed by atoms with E-state index in [0.29, 0.717) is 31.2 Å². The van der Waals surface area contributed by atoms with Crippen LogP contribution in [-0.2, 0) is 11.2 Å². The molecule has 112 valence electrons. The Kier molecular flexibility index (Phi) is 5.11. The van der Waals surface area contributed by atoms with E-state index in [1.807, 2.05) is 0 Å². The van der Waals surface area contributed by atoms with Crippen LogP contribution in [0, 0.1) is 17.0 Å². The molecule has 1 heterocycles. The van der Waals surface area contributed by atoms with E-state index in [9.17, 15) is 8.78 Å². The Balaban J connectivity index is 2.16. The van der Waals surface area contributed by atoms with Gasteiger partial charge in [0.1, 0.15) is 0 Å². The van der Waals surface area contributed by atoms with Crippen molar-refractivity contribution in [3.63, 3.8) is 0 Å². The molecule has 0 bridgehead atoms. The fourth-order valence-electron chi connectivity index (χ4n) is 2.73. The first kappa shape index (κ1) is 15.4. The first-order valence-corrected chi connectivity index (χ1v) is 7.26. The van der Waals surface area contributed by atoms with E-state index >= 15 is 0 Å². The van der Waals surface area contributed by atoms with Gasteiger partial charge in [0.15, 0.2) is 11.6 Å². The van der Waals surface area contributed by atoms with Crippen molar-refractivity contribution in [1.82, 2.24) is 5.32 Å². The van der Waals surface area contributed by atoms with Gasteiger partial charge in [0, 0.05) is 25.8 Å². The van der Waals surface area contributed by atoms with Gasteiger partial charge in [0.05, 0.1) is 0 Å². The lowest BCUT2D eigenvalue weighted by Crippen LogP contribution is -2.43. The Morgan fingerprint density at radius 1 is 1.25 bits per heavy atom. The van der Waals surface area contributed by atoms with Gasteiger partial charge in [-0.25, -0.2) is 8.78 Å². The zero-order valence-electron chi connectivity index (χ0n) is 12.2. The number of nitrogens with one attached hydrogen (secondary N) is 1. The third-order valence-electron chi connectivity index (χ3n) is 4.04. The molecule has 1 aliphatic heterocycles. The number of ether oxygens (including phenoxy) is 1. The Morgan fingerprint density at radius 3 is 2.60 bits per heavy atom. The van der Waals surface area contributed by atoms with Crippen LogP contribution in [0.3, 0.4) is 0 Å². The van der Waals surface area contributed by atoms with Crippen molar-refractivity contribution in [2.45, 2.75) is 39.2 Å². The van der Waals surface area contributed by atoms with Crippen LogP contribution >= 0.6 is 0 Å². The van der Waals surface area contributed by atoms with Gasteiger partial charge in [0.25, 0.3) is 0 Å². The van der Waals surface area contributed by atoms with E-state index in [1.54, 1.807) is 12.1 Å². The maximum Gasteiger partial charge on any atom is 0.162 e. The molecule has 0 radical (unpaired) electrons. The van der Waals surface area contributed by atoms with Crippen molar-refractivity contribution < 1.29 is 13.5 Å². The van der Waals surface area contributed by atoms with Crippen molar-refractivity contribution in [3.05, 3.63) is 35.4 Å². The first-order valence-electron chi connectivity index (χ1n) is 7.26. The molecule has 0 amide bonds. The maximum atomic E-state index is 13.9. The molecule has 2 rings (SSSR count). The maximum absolute atomic E-state index is 13.9. The van der Waals surface area contributed by atoms with E-state index < -0.39 is 11.6 Å². The molecule has 1 saturated heterocycles. The number of rotatable bonds is 5. The number of hydrogen-bond acceptors (Lipinski definition) is 2. The van der Waals surface area contributed by atoms with E-state index in [2.05, 4.69) is 19.2 Å². The van der Waals surface area contributed by atoms with E-state index in [0.717, 1.165) is 19.4 Å². The molecule has 0 aliphatic carbocycles. The van der Waals surface area contributed by atoms with Crippen molar-refractivity contribution in [3.8, 4) is 0 Å². The van der Waals surface area contributed by atoms with E-state index in [4.69, 9.17) is 4.74 Å². The summed E-state index contributed by atoms with van der Waals surface area (Å²) in [6.45, 7) is 6.38.